The van der Waals surface area contributed by atoms with Crippen LogP contribution in [0.15, 0.2) is 36.7 Å². The fraction of sp³-hybridized carbons (Fsp3) is 0.312. The molecule has 0 unspecified atom stereocenters. The zero-order valence-corrected chi connectivity index (χ0v) is 13.0. The lowest BCUT2D eigenvalue weighted by Crippen LogP contribution is -2.30. The highest BCUT2D eigenvalue weighted by molar-refractivity contribution is 6.30. The highest BCUT2D eigenvalue weighted by Gasteiger charge is 2.38. The summed E-state index contributed by atoms with van der Waals surface area (Å²) in [5, 5.41) is 4.73. The molecule has 22 heavy (non-hydrogen) atoms. The van der Waals surface area contributed by atoms with Crippen molar-refractivity contribution in [3.05, 3.63) is 52.8 Å². The van der Waals surface area contributed by atoms with Crippen LogP contribution in [0.1, 0.15) is 17.5 Å². The van der Waals surface area contributed by atoms with E-state index >= 15 is 0 Å². The van der Waals surface area contributed by atoms with Gasteiger partial charge in [-0.2, -0.15) is 5.10 Å². The van der Waals surface area contributed by atoms with Crippen LogP contribution >= 0.6 is 11.6 Å². The largest absolute Gasteiger partial charge is 0.278 e. The molecule has 0 saturated carbocycles. The highest BCUT2D eigenvalue weighted by atomic mass is 35.5. The molecule has 2 heterocycles. The molecule has 1 aromatic heterocycles. The summed E-state index contributed by atoms with van der Waals surface area (Å²) in [6, 6.07) is 7.18. The first-order valence-corrected chi connectivity index (χ1v) is 7.47. The smallest absolute Gasteiger partial charge is 0.233 e. The maximum atomic E-state index is 12.5. The number of imide groups is 1. The number of amides is 2. The Bertz CT molecular complexity index is 708. The molecule has 1 saturated heterocycles. The molecule has 5 nitrogen and oxygen atoms in total. The van der Waals surface area contributed by atoms with E-state index in [2.05, 4.69) is 5.10 Å². The molecule has 114 valence electrons. The molecule has 3 rings (SSSR count). The number of hydrogen-bond acceptors (Lipinski definition) is 3. The van der Waals surface area contributed by atoms with Crippen molar-refractivity contribution in [3.63, 3.8) is 0 Å². The van der Waals surface area contributed by atoms with Gasteiger partial charge in [0.25, 0.3) is 0 Å². The second-order valence-electron chi connectivity index (χ2n) is 5.57. The molecule has 6 heteroatoms. The number of carbonyl (C=O) groups is 2. The Balaban J connectivity index is 1.69. The van der Waals surface area contributed by atoms with Gasteiger partial charge in [-0.3, -0.25) is 19.2 Å². The molecule has 1 fully saturated rings. The van der Waals surface area contributed by atoms with Gasteiger partial charge in [0.1, 0.15) is 0 Å². The normalized spacial score (nSPS) is 18.3. The predicted octanol–water partition coefficient (Wildman–Crippen LogP) is 2.19. The number of likely N-dealkylation sites (tertiary alicyclic amines) is 1. The second kappa shape index (κ2) is 5.93. The molecule has 1 aliphatic heterocycles. The maximum absolute atomic E-state index is 12.5. The summed E-state index contributed by atoms with van der Waals surface area (Å²) in [6.07, 6.45) is 4.43. The minimum atomic E-state index is -0.288. The lowest BCUT2D eigenvalue weighted by atomic mass is 10.0. The third kappa shape index (κ3) is 3.04. The van der Waals surface area contributed by atoms with E-state index in [-0.39, 0.29) is 24.2 Å². The summed E-state index contributed by atoms with van der Waals surface area (Å²) in [6.45, 7) is 0.304. The van der Waals surface area contributed by atoms with E-state index in [1.165, 1.54) is 4.90 Å². The number of rotatable bonds is 4. The number of aryl methyl sites for hydroxylation is 1. The van der Waals surface area contributed by atoms with Crippen molar-refractivity contribution in [1.29, 1.82) is 0 Å². The molecule has 0 bridgehead atoms. The zero-order valence-electron chi connectivity index (χ0n) is 12.2. The van der Waals surface area contributed by atoms with Gasteiger partial charge in [-0.15, -0.1) is 0 Å². The molecule has 2 aromatic rings. The molecule has 1 aromatic carbocycles. The van der Waals surface area contributed by atoms with Gasteiger partial charge in [0.2, 0.25) is 11.8 Å². The number of benzene rings is 1. The van der Waals surface area contributed by atoms with Crippen LogP contribution in [-0.4, -0.2) is 26.5 Å². The van der Waals surface area contributed by atoms with Gasteiger partial charge in [0, 0.05) is 24.7 Å². The third-order valence-electron chi connectivity index (χ3n) is 3.83. The van der Waals surface area contributed by atoms with Crippen LogP contribution in [0.2, 0.25) is 5.02 Å². The summed E-state index contributed by atoms with van der Waals surface area (Å²) in [5.74, 6) is -0.512. The minimum Gasteiger partial charge on any atom is -0.278 e. The Hall–Kier alpha value is -2.14. The van der Waals surface area contributed by atoms with Crippen LogP contribution in [0.5, 0.6) is 0 Å². The minimum absolute atomic E-state index is 0.108. The van der Waals surface area contributed by atoms with Gasteiger partial charge in [-0.1, -0.05) is 23.7 Å². The summed E-state index contributed by atoms with van der Waals surface area (Å²) >= 11 is 5.85. The van der Waals surface area contributed by atoms with Crippen LogP contribution in [0.25, 0.3) is 0 Å². The molecule has 0 radical (unpaired) electrons. The maximum Gasteiger partial charge on any atom is 0.233 e. The number of halogens is 1. The first-order valence-electron chi connectivity index (χ1n) is 7.09. The topological polar surface area (TPSA) is 55.2 Å². The summed E-state index contributed by atoms with van der Waals surface area (Å²) < 4.78 is 1.70. The molecular weight excluding hydrogens is 302 g/mol. The SMILES string of the molecule is Cn1cc(C[C@@H]2CC(=O)N(Cc3ccc(Cl)cc3)C2=O)cn1. The van der Waals surface area contributed by atoms with E-state index in [1.54, 1.807) is 23.0 Å². The van der Waals surface area contributed by atoms with Crippen LogP contribution in [0.3, 0.4) is 0 Å². The Labute approximate surface area is 133 Å². The van der Waals surface area contributed by atoms with Gasteiger partial charge in [-0.25, -0.2) is 0 Å². The fourth-order valence-electron chi connectivity index (χ4n) is 2.71. The van der Waals surface area contributed by atoms with Gasteiger partial charge in [0.05, 0.1) is 18.7 Å². The number of hydrogen-bond donors (Lipinski definition) is 0. The van der Waals surface area contributed by atoms with Crippen molar-refractivity contribution in [2.45, 2.75) is 19.4 Å². The molecule has 1 aliphatic rings. The van der Waals surface area contributed by atoms with E-state index in [0.717, 1.165) is 11.1 Å². The third-order valence-corrected chi connectivity index (χ3v) is 4.08. The van der Waals surface area contributed by atoms with Crippen molar-refractivity contribution in [2.75, 3.05) is 0 Å². The van der Waals surface area contributed by atoms with Crippen LogP contribution in [-0.2, 0) is 29.6 Å². The summed E-state index contributed by atoms with van der Waals surface area (Å²) in [5.41, 5.74) is 1.87. The van der Waals surface area contributed by atoms with Crippen molar-refractivity contribution >= 4 is 23.4 Å². The second-order valence-corrected chi connectivity index (χ2v) is 6.01. The Morgan fingerprint density at radius 1 is 1.23 bits per heavy atom. The Kier molecular flexibility index (Phi) is 3.98. The van der Waals surface area contributed by atoms with Gasteiger partial charge in [-0.05, 0) is 29.7 Å². The van der Waals surface area contributed by atoms with Gasteiger partial charge < -0.3 is 0 Å². The lowest BCUT2D eigenvalue weighted by molar-refractivity contribution is -0.140. The average Bonchev–Trinajstić information content (AvgIpc) is 3.00. The summed E-state index contributed by atoms with van der Waals surface area (Å²) in [7, 11) is 1.83. The van der Waals surface area contributed by atoms with E-state index in [0.29, 0.717) is 18.0 Å². The van der Waals surface area contributed by atoms with Gasteiger partial charge >= 0.3 is 0 Å². The molecule has 0 aliphatic carbocycles. The molecule has 2 amide bonds. The van der Waals surface area contributed by atoms with Crippen molar-refractivity contribution < 1.29 is 9.59 Å². The van der Waals surface area contributed by atoms with E-state index in [4.69, 9.17) is 11.6 Å². The van der Waals surface area contributed by atoms with E-state index < -0.39 is 0 Å². The number of carbonyl (C=O) groups excluding carboxylic acids is 2. The monoisotopic (exact) mass is 317 g/mol. The van der Waals surface area contributed by atoms with Crippen molar-refractivity contribution in [2.24, 2.45) is 13.0 Å². The molecule has 1 atom stereocenters. The van der Waals surface area contributed by atoms with Crippen LogP contribution < -0.4 is 0 Å². The number of nitrogens with zero attached hydrogens (tertiary/aromatic N) is 3. The Morgan fingerprint density at radius 2 is 1.95 bits per heavy atom. The standard InChI is InChI=1S/C16H16ClN3O2/c1-19-9-12(8-18-19)6-13-7-15(21)20(16(13)22)10-11-2-4-14(17)5-3-11/h2-5,8-9,13H,6-7,10H2,1H3/t13-/m1/s1. The quantitative estimate of drug-likeness (QED) is 0.812. The van der Waals surface area contributed by atoms with E-state index in [9.17, 15) is 9.59 Å². The fourth-order valence-corrected chi connectivity index (χ4v) is 2.84. The molecule has 0 spiro atoms. The van der Waals surface area contributed by atoms with Crippen molar-refractivity contribution in [3.8, 4) is 0 Å². The highest BCUT2D eigenvalue weighted by Crippen LogP contribution is 2.25. The first kappa shape index (κ1) is 14.8. The average molecular weight is 318 g/mol. The first-order chi connectivity index (χ1) is 10.5. The molecular formula is C16H16ClN3O2. The van der Waals surface area contributed by atoms with Crippen LogP contribution in [0.4, 0.5) is 0 Å². The predicted molar refractivity (Wildman–Crippen MR) is 82.0 cm³/mol. The Morgan fingerprint density at radius 3 is 2.59 bits per heavy atom. The van der Waals surface area contributed by atoms with E-state index in [1.807, 2.05) is 25.4 Å². The zero-order chi connectivity index (χ0) is 15.7. The number of aromatic nitrogens is 2. The van der Waals surface area contributed by atoms with Gasteiger partial charge in [0.15, 0.2) is 0 Å². The molecule has 0 N–H and O–H groups in total. The lowest BCUT2D eigenvalue weighted by Gasteiger charge is -2.15. The van der Waals surface area contributed by atoms with Crippen molar-refractivity contribution in [1.82, 2.24) is 14.7 Å². The summed E-state index contributed by atoms with van der Waals surface area (Å²) in [4.78, 5) is 25.9. The van der Waals surface area contributed by atoms with Crippen LogP contribution in [0, 0.1) is 5.92 Å².